The van der Waals surface area contributed by atoms with Crippen molar-refractivity contribution in [2.45, 2.75) is 12.5 Å². The molecule has 0 saturated carbocycles. The third-order valence-electron chi connectivity index (χ3n) is 4.02. The highest BCUT2D eigenvalue weighted by Crippen LogP contribution is 2.31. The highest BCUT2D eigenvalue weighted by atomic mass is 19.1. The summed E-state index contributed by atoms with van der Waals surface area (Å²) in [6, 6.07) is 5.12. The highest BCUT2D eigenvalue weighted by Gasteiger charge is 2.21. The molecule has 3 rings (SSSR count). The molecular weight excluding hydrogens is 283 g/mol. The lowest BCUT2D eigenvalue weighted by atomic mass is 10.1. The number of hydrogen-bond acceptors (Lipinski definition) is 5. The molecular formula is C16H19FN4O. The molecule has 116 valence electrons. The number of rotatable bonds is 4. The SMILES string of the molecule is COc1cccc(F)c1-c1cncc(N(C)C2CCNC2)n1. The number of anilines is 1. The number of nitrogens with one attached hydrogen (secondary N) is 1. The van der Waals surface area contributed by atoms with Crippen LogP contribution < -0.4 is 15.0 Å². The monoisotopic (exact) mass is 302 g/mol. The fraction of sp³-hybridized carbons (Fsp3) is 0.375. The number of nitrogens with zero attached hydrogens (tertiary/aromatic N) is 3. The van der Waals surface area contributed by atoms with Crippen LogP contribution in [-0.2, 0) is 0 Å². The van der Waals surface area contributed by atoms with Gasteiger partial charge in [-0.15, -0.1) is 0 Å². The number of likely N-dealkylation sites (N-methyl/N-ethyl adjacent to an activating group) is 1. The van der Waals surface area contributed by atoms with Crippen LogP contribution in [0.15, 0.2) is 30.6 Å². The van der Waals surface area contributed by atoms with Gasteiger partial charge in [-0.1, -0.05) is 6.07 Å². The highest BCUT2D eigenvalue weighted by molar-refractivity contribution is 5.68. The molecule has 2 aromatic rings. The largest absolute Gasteiger partial charge is 0.496 e. The number of benzene rings is 1. The predicted octanol–water partition coefficient (Wildman–Crippen LogP) is 2.09. The Labute approximate surface area is 129 Å². The van der Waals surface area contributed by atoms with Crippen LogP contribution in [0.5, 0.6) is 5.75 Å². The van der Waals surface area contributed by atoms with Crippen LogP contribution in [0.1, 0.15) is 6.42 Å². The van der Waals surface area contributed by atoms with E-state index in [2.05, 4.69) is 20.2 Å². The van der Waals surface area contributed by atoms with Crippen LogP contribution in [0.2, 0.25) is 0 Å². The summed E-state index contributed by atoms with van der Waals surface area (Å²) in [5, 5.41) is 3.33. The zero-order valence-electron chi connectivity index (χ0n) is 12.7. The van der Waals surface area contributed by atoms with Gasteiger partial charge in [0.1, 0.15) is 17.4 Å². The maximum absolute atomic E-state index is 14.2. The summed E-state index contributed by atoms with van der Waals surface area (Å²) in [7, 11) is 3.51. The lowest BCUT2D eigenvalue weighted by molar-refractivity contribution is 0.413. The Bertz CT molecular complexity index is 658. The first-order valence-corrected chi connectivity index (χ1v) is 7.29. The molecule has 1 N–H and O–H groups in total. The smallest absolute Gasteiger partial charge is 0.147 e. The van der Waals surface area contributed by atoms with Crippen molar-refractivity contribution in [3.05, 3.63) is 36.4 Å². The van der Waals surface area contributed by atoms with Crippen molar-refractivity contribution in [3.8, 4) is 17.0 Å². The van der Waals surface area contributed by atoms with Crippen LogP contribution in [0.4, 0.5) is 10.2 Å². The molecule has 1 atom stereocenters. The van der Waals surface area contributed by atoms with Gasteiger partial charge in [0, 0.05) is 19.6 Å². The number of methoxy groups -OCH3 is 1. The molecule has 1 aliphatic rings. The zero-order chi connectivity index (χ0) is 15.5. The van der Waals surface area contributed by atoms with Crippen molar-refractivity contribution in [1.29, 1.82) is 0 Å². The van der Waals surface area contributed by atoms with Gasteiger partial charge in [-0.25, -0.2) is 9.37 Å². The van der Waals surface area contributed by atoms with Crippen LogP contribution in [0.25, 0.3) is 11.3 Å². The van der Waals surface area contributed by atoms with Gasteiger partial charge < -0.3 is 15.0 Å². The standard InChI is InChI=1S/C16H19FN4O/c1-21(11-6-7-18-8-11)15-10-19-9-13(20-15)16-12(17)4-3-5-14(16)22-2/h3-5,9-11,18H,6-8H2,1-2H3. The van der Waals surface area contributed by atoms with Crippen LogP contribution in [0, 0.1) is 5.82 Å². The average Bonchev–Trinajstić information content (AvgIpc) is 3.08. The molecule has 6 heteroatoms. The normalized spacial score (nSPS) is 17.5. The molecule has 0 bridgehead atoms. The molecule has 0 amide bonds. The Hall–Kier alpha value is -2.21. The molecule has 22 heavy (non-hydrogen) atoms. The van der Waals surface area contributed by atoms with Crippen LogP contribution in [0.3, 0.4) is 0 Å². The minimum atomic E-state index is -0.365. The minimum Gasteiger partial charge on any atom is -0.496 e. The Morgan fingerprint density at radius 3 is 2.95 bits per heavy atom. The summed E-state index contributed by atoms with van der Waals surface area (Å²) in [4.78, 5) is 10.9. The van der Waals surface area contributed by atoms with Crippen molar-refractivity contribution in [2.24, 2.45) is 0 Å². The molecule has 1 aliphatic heterocycles. The first-order chi connectivity index (χ1) is 10.7. The fourth-order valence-electron chi connectivity index (χ4n) is 2.73. The summed E-state index contributed by atoms with van der Waals surface area (Å²) in [6.45, 7) is 1.93. The summed E-state index contributed by atoms with van der Waals surface area (Å²) in [5.41, 5.74) is 0.822. The van der Waals surface area contributed by atoms with Crippen molar-refractivity contribution in [2.75, 3.05) is 32.1 Å². The van der Waals surface area contributed by atoms with Gasteiger partial charge in [0.05, 0.1) is 30.8 Å². The first-order valence-electron chi connectivity index (χ1n) is 7.29. The van der Waals surface area contributed by atoms with Crippen molar-refractivity contribution >= 4 is 5.82 Å². The maximum atomic E-state index is 14.2. The lowest BCUT2D eigenvalue weighted by Gasteiger charge is -2.24. The quantitative estimate of drug-likeness (QED) is 0.937. The van der Waals surface area contributed by atoms with E-state index in [1.54, 1.807) is 24.5 Å². The van der Waals surface area contributed by atoms with Gasteiger partial charge in [0.15, 0.2) is 0 Å². The van der Waals surface area contributed by atoms with Gasteiger partial charge >= 0.3 is 0 Å². The molecule has 1 aromatic carbocycles. The van der Waals surface area contributed by atoms with Crippen molar-refractivity contribution in [3.63, 3.8) is 0 Å². The Morgan fingerprint density at radius 1 is 1.36 bits per heavy atom. The molecule has 1 fully saturated rings. The third-order valence-corrected chi connectivity index (χ3v) is 4.02. The number of ether oxygens (including phenoxy) is 1. The van der Waals surface area contributed by atoms with E-state index < -0.39 is 0 Å². The second kappa shape index (κ2) is 6.27. The number of hydrogen-bond donors (Lipinski definition) is 1. The van der Waals surface area contributed by atoms with E-state index in [1.807, 2.05) is 7.05 Å². The van der Waals surface area contributed by atoms with Crippen LogP contribution >= 0.6 is 0 Å². The average molecular weight is 302 g/mol. The topological polar surface area (TPSA) is 50.3 Å². The Morgan fingerprint density at radius 2 is 2.23 bits per heavy atom. The Balaban J connectivity index is 1.98. The Kier molecular flexibility index (Phi) is 4.20. The molecule has 2 heterocycles. The molecule has 1 unspecified atom stereocenters. The summed E-state index contributed by atoms with van der Waals surface area (Å²) in [6.07, 6.45) is 4.33. The molecule has 1 saturated heterocycles. The molecule has 0 spiro atoms. The zero-order valence-corrected chi connectivity index (χ0v) is 12.7. The second-order valence-electron chi connectivity index (χ2n) is 5.34. The first kappa shape index (κ1) is 14.7. The van der Waals surface area contributed by atoms with E-state index >= 15 is 0 Å². The second-order valence-corrected chi connectivity index (χ2v) is 5.34. The molecule has 1 aromatic heterocycles. The predicted molar refractivity (Wildman–Crippen MR) is 83.7 cm³/mol. The minimum absolute atomic E-state index is 0.345. The van der Waals surface area contributed by atoms with E-state index in [0.717, 1.165) is 25.3 Å². The lowest BCUT2D eigenvalue weighted by Crippen LogP contribution is -2.34. The van der Waals surface area contributed by atoms with Crippen molar-refractivity contribution in [1.82, 2.24) is 15.3 Å². The van der Waals surface area contributed by atoms with Gasteiger partial charge in [0.2, 0.25) is 0 Å². The molecule has 0 aliphatic carbocycles. The molecule has 5 nitrogen and oxygen atoms in total. The summed E-state index contributed by atoms with van der Waals surface area (Å²) < 4.78 is 19.4. The number of halogens is 1. The summed E-state index contributed by atoms with van der Waals surface area (Å²) in [5.74, 6) is 0.823. The molecule has 0 radical (unpaired) electrons. The van der Waals surface area contributed by atoms with E-state index in [1.165, 1.54) is 13.2 Å². The van der Waals surface area contributed by atoms with E-state index in [-0.39, 0.29) is 5.82 Å². The van der Waals surface area contributed by atoms with Gasteiger partial charge in [-0.05, 0) is 25.1 Å². The maximum Gasteiger partial charge on any atom is 0.147 e. The fourth-order valence-corrected chi connectivity index (χ4v) is 2.73. The van der Waals surface area contributed by atoms with Gasteiger partial charge in [0.25, 0.3) is 0 Å². The van der Waals surface area contributed by atoms with Crippen molar-refractivity contribution < 1.29 is 9.13 Å². The van der Waals surface area contributed by atoms with E-state index in [9.17, 15) is 4.39 Å². The summed E-state index contributed by atoms with van der Waals surface area (Å²) >= 11 is 0. The van der Waals surface area contributed by atoms with E-state index in [0.29, 0.717) is 23.0 Å². The van der Waals surface area contributed by atoms with E-state index in [4.69, 9.17) is 4.74 Å². The number of aromatic nitrogens is 2. The third kappa shape index (κ3) is 2.74. The van der Waals surface area contributed by atoms with Gasteiger partial charge in [-0.3, -0.25) is 4.98 Å². The van der Waals surface area contributed by atoms with Gasteiger partial charge in [-0.2, -0.15) is 0 Å². The van der Waals surface area contributed by atoms with Crippen LogP contribution in [-0.4, -0.2) is 43.3 Å².